The molecule has 0 aliphatic heterocycles. The van der Waals surface area contributed by atoms with Crippen LogP contribution < -0.4 is 4.72 Å². The van der Waals surface area contributed by atoms with Crippen molar-refractivity contribution in [1.29, 1.82) is 0 Å². The topological polar surface area (TPSA) is 63.2 Å². The molecule has 0 unspecified atom stereocenters. The first-order chi connectivity index (χ1) is 9.94. The summed E-state index contributed by atoms with van der Waals surface area (Å²) in [6.07, 6.45) is 0.837. The second-order valence-corrected chi connectivity index (χ2v) is 7.15. The van der Waals surface area contributed by atoms with Gasteiger partial charge in [0.1, 0.15) is 0 Å². The summed E-state index contributed by atoms with van der Waals surface area (Å²) in [4.78, 5) is 11.7. The van der Waals surface area contributed by atoms with Crippen molar-refractivity contribution in [2.24, 2.45) is 5.92 Å². The fourth-order valence-electron chi connectivity index (χ4n) is 1.84. The molecule has 0 spiro atoms. The zero-order valence-corrected chi connectivity index (χ0v) is 13.3. The molecule has 124 valence electrons. The van der Waals surface area contributed by atoms with Crippen LogP contribution >= 0.6 is 0 Å². The van der Waals surface area contributed by atoms with Gasteiger partial charge < -0.3 is 0 Å². The van der Waals surface area contributed by atoms with E-state index in [2.05, 4.69) is 0 Å². The Morgan fingerprint density at radius 1 is 1.14 bits per heavy atom. The van der Waals surface area contributed by atoms with Crippen molar-refractivity contribution in [3.8, 4) is 0 Å². The van der Waals surface area contributed by atoms with Crippen molar-refractivity contribution >= 4 is 15.9 Å². The molecule has 1 N–H and O–H groups in total. The lowest BCUT2D eigenvalue weighted by molar-refractivity contribution is -0.121. The van der Waals surface area contributed by atoms with Crippen molar-refractivity contribution in [2.75, 3.05) is 0 Å². The molecule has 22 heavy (non-hydrogen) atoms. The van der Waals surface area contributed by atoms with E-state index < -0.39 is 27.4 Å². The summed E-state index contributed by atoms with van der Waals surface area (Å²) in [5.74, 6) is -1.78. The molecular formula is C14H18F3NO3S. The Hall–Kier alpha value is -1.57. The quantitative estimate of drug-likeness (QED) is 0.898. The maximum atomic E-state index is 12.2. The van der Waals surface area contributed by atoms with E-state index >= 15 is 0 Å². The van der Waals surface area contributed by atoms with Gasteiger partial charge >= 0.3 is 15.5 Å². The van der Waals surface area contributed by atoms with Gasteiger partial charge in [0, 0.05) is 0 Å². The number of nitrogens with one attached hydrogen (secondary N) is 1. The van der Waals surface area contributed by atoms with Gasteiger partial charge in [0.15, 0.2) is 0 Å². The number of hydrogen-bond acceptors (Lipinski definition) is 3. The van der Waals surface area contributed by atoms with Crippen LogP contribution in [0, 0.1) is 5.92 Å². The predicted molar refractivity (Wildman–Crippen MR) is 76.5 cm³/mol. The molecule has 1 aromatic carbocycles. The molecule has 0 radical (unpaired) electrons. The Bertz CT molecular complexity index is 622. The summed E-state index contributed by atoms with van der Waals surface area (Å²) < 4.78 is 59.6. The van der Waals surface area contributed by atoms with Crippen LogP contribution in [0.1, 0.15) is 37.8 Å². The Labute approximate surface area is 127 Å². The maximum absolute atomic E-state index is 12.2. The molecule has 8 heteroatoms. The molecule has 0 aliphatic carbocycles. The van der Waals surface area contributed by atoms with E-state index in [9.17, 15) is 26.4 Å². The standard InChI is InChI=1S/C14H18F3NO3S/c1-9(2)8-11-4-6-12(7-5-11)10(3)13(19)18-22(20,21)14(15,16)17/h4-7,9-10H,8H2,1-3H3,(H,18,19)/t10-/m1/s1. The molecule has 1 atom stereocenters. The van der Waals surface area contributed by atoms with Crippen molar-refractivity contribution in [2.45, 2.75) is 38.6 Å². The fourth-order valence-corrected chi connectivity index (χ4v) is 2.40. The van der Waals surface area contributed by atoms with Gasteiger partial charge in [-0.25, -0.2) is 4.72 Å². The molecule has 1 amide bonds. The molecule has 0 heterocycles. The summed E-state index contributed by atoms with van der Waals surface area (Å²) in [6, 6.07) is 6.78. The highest BCUT2D eigenvalue weighted by Gasteiger charge is 2.47. The minimum Gasteiger partial charge on any atom is -0.273 e. The van der Waals surface area contributed by atoms with Gasteiger partial charge in [-0.1, -0.05) is 38.1 Å². The summed E-state index contributed by atoms with van der Waals surface area (Å²) in [5, 5.41) is 0. The van der Waals surface area contributed by atoms with Crippen LogP contribution in [0.4, 0.5) is 13.2 Å². The average molecular weight is 337 g/mol. The first-order valence-corrected chi connectivity index (χ1v) is 8.14. The molecule has 0 saturated carbocycles. The van der Waals surface area contributed by atoms with Gasteiger partial charge in [0.25, 0.3) is 0 Å². The van der Waals surface area contributed by atoms with Gasteiger partial charge in [-0.05, 0) is 30.4 Å². The largest absolute Gasteiger partial charge is 0.516 e. The number of carbonyl (C=O) groups is 1. The van der Waals surface area contributed by atoms with Crippen LogP contribution in [0.3, 0.4) is 0 Å². The zero-order chi connectivity index (χ0) is 17.1. The van der Waals surface area contributed by atoms with Crippen molar-refractivity contribution in [3.05, 3.63) is 35.4 Å². The zero-order valence-electron chi connectivity index (χ0n) is 12.4. The van der Waals surface area contributed by atoms with Gasteiger partial charge in [-0.15, -0.1) is 0 Å². The number of benzene rings is 1. The Morgan fingerprint density at radius 2 is 1.64 bits per heavy atom. The van der Waals surface area contributed by atoms with Crippen LogP contribution in [0.25, 0.3) is 0 Å². The number of sulfonamides is 1. The number of carbonyl (C=O) groups excluding carboxylic acids is 1. The molecule has 1 rings (SSSR count). The summed E-state index contributed by atoms with van der Waals surface area (Å²) in [7, 11) is -5.67. The van der Waals surface area contributed by atoms with Gasteiger partial charge in [0.05, 0.1) is 5.92 Å². The lowest BCUT2D eigenvalue weighted by Crippen LogP contribution is -2.41. The molecule has 4 nitrogen and oxygen atoms in total. The maximum Gasteiger partial charge on any atom is 0.516 e. The minimum absolute atomic E-state index is 0.447. The summed E-state index contributed by atoms with van der Waals surface area (Å²) >= 11 is 0. The number of rotatable bonds is 5. The van der Waals surface area contributed by atoms with E-state index in [1.54, 1.807) is 24.3 Å². The third kappa shape index (κ3) is 4.72. The SMILES string of the molecule is CC(C)Cc1ccc([C@@H](C)C(=O)NS(=O)(=O)C(F)(F)F)cc1. The smallest absolute Gasteiger partial charge is 0.273 e. The number of alkyl halides is 3. The lowest BCUT2D eigenvalue weighted by Gasteiger charge is -2.15. The number of halogens is 3. The van der Waals surface area contributed by atoms with E-state index in [-0.39, 0.29) is 0 Å². The van der Waals surface area contributed by atoms with Crippen LogP contribution in [0.2, 0.25) is 0 Å². The number of hydrogen-bond donors (Lipinski definition) is 1. The van der Waals surface area contributed by atoms with E-state index in [0.29, 0.717) is 11.5 Å². The van der Waals surface area contributed by atoms with E-state index in [1.165, 1.54) is 6.92 Å². The Balaban J connectivity index is 2.83. The van der Waals surface area contributed by atoms with Gasteiger partial charge in [0.2, 0.25) is 5.91 Å². The van der Waals surface area contributed by atoms with Crippen molar-refractivity contribution in [3.63, 3.8) is 0 Å². The first kappa shape index (κ1) is 18.5. The van der Waals surface area contributed by atoms with Crippen LogP contribution in [0.5, 0.6) is 0 Å². The third-order valence-corrected chi connectivity index (χ3v) is 4.14. The Kier molecular flexibility index (Phi) is 5.61. The molecular weight excluding hydrogens is 319 g/mol. The highest BCUT2D eigenvalue weighted by atomic mass is 32.2. The first-order valence-electron chi connectivity index (χ1n) is 6.66. The summed E-state index contributed by atoms with van der Waals surface area (Å²) in [5.41, 5.74) is -4.03. The third-order valence-electron chi connectivity index (χ3n) is 3.06. The monoisotopic (exact) mass is 337 g/mol. The molecule has 0 fully saturated rings. The highest BCUT2D eigenvalue weighted by Crippen LogP contribution is 2.23. The molecule has 0 bridgehead atoms. The minimum atomic E-state index is -5.67. The Morgan fingerprint density at radius 3 is 2.05 bits per heavy atom. The van der Waals surface area contributed by atoms with Crippen molar-refractivity contribution < 1.29 is 26.4 Å². The van der Waals surface area contributed by atoms with E-state index in [4.69, 9.17) is 0 Å². The van der Waals surface area contributed by atoms with E-state index in [1.807, 2.05) is 13.8 Å². The molecule has 0 aliphatic rings. The second kappa shape index (κ2) is 6.68. The van der Waals surface area contributed by atoms with E-state index in [0.717, 1.165) is 16.7 Å². The predicted octanol–water partition coefficient (Wildman–Crippen LogP) is 2.95. The number of amides is 1. The highest BCUT2D eigenvalue weighted by molar-refractivity contribution is 7.90. The van der Waals surface area contributed by atoms with Crippen LogP contribution in [-0.4, -0.2) is 19.8 Å². The summed E-state index contributed by atoms with van der Waals surface area (Å²) in [6.45, 7) is 5.44. The lowest BCUT2D eigenvalue weighted by atomic mass is 9.96. The normalized spacial score (nSPS) is 14.0. The second-order valence-electron chi connectivity index (χ2n) is 5.48. The fraction of sp³-hybridized carbons (Fsp3) is 0.500. The molecule has 1 aromatic rings. The molecule has 0 aromatic heterocycles. The van der Waals surface area contributed by atoms with Gasteiger partial charge in [-0.2, -0.15) is 21.6 Å². The van der Waals surface area contributed by atoms with Crippen molar-refractivity contribution in [1.82, 2.24) is 4.72 Å². The van der Waals surface area contributed by atoms with Gasteiger partial charge in [-0.3, -0.25) is 4.79 Å². The average Bonchev–Trinajstić information content (AvgIpc) is 2.36. The van der Waals surface area contributed by atoms with Crippen LogP contribution in [0.15, 0.2) is 24.3 Å². The van der Waals surface area contributed by atoms with Crippen LogP contribution in [-0.2, 0) is 21.2 Å². The molecule has 0 saturated heterocycles.